The Bertz CT molecular complexity index is 1560. The van der Waals surface area contributed by atoms with Crippen molar-refractivity contribution in [3.63, 3.8) is 0 Å². The summed E-state index contributed by atoms with van der Waals surface area (Å²) in [5, 5.41) is 19.2. The number of aromatic nitrogens is 8. The molecule has 3 aromatic carbocycles. The highest BCUT2D eigenvalue weighted by Crippen LogP contribution is 2.30. The van der Waals surface area contributed by atoms with Crippen molar-refractivity contribution in [3.8, 4) is 33.8 Å². The van der Waals surface area contributed by atoms with E-state index in [0.29, 0.717) is 12.4 Å². The second-order valence-electron chi connectivity index (χ2n) is 8.48. The predicted octanol–water partition coefficient (Wildman–Crippen LogP) is 5.05. The van der Waals surface area contributed by atoms with Crippen molar-refractivity contribution in [1.29, 1.82) is 0 Å². The number of tetrazole rings is 1. The lowest BCUT2D eigenvalue weighted by Crippen LogP contribution is -2.06. The SMILES string of the molecule is CCCc1nn2cc(-c3ccccc3)nc2n1Cc1ccc(-c2ccccc2-c2nnn[nH]2)cc1. The second-order valence-corrected chi connectivity index (χ2v) is 8.48. The van der Waals surface area contributed by atoms with Crippen LogP contribution < -0.4 is 0 Å². The van der Waals surface area contributed by atoms with E-state index >= 15 is 0 Å². The van der Waals surface area contributed by atoms with Crippen LogP contribution in [0, 0.1) is 0 Å². The van der Waals surface area contributed by atoms with Crippen molar-refractivity contribution in [2.75, 3.05) is 0 Å². The van der Waals surface area contributed by atoms with E-state index in [9.17, 15) is 0 Å². The third-order valence-corrected chi connectivity index (χ3v) is 6.12. The zero-order valence-electron chi connectivity index (χ0n) is 19.3. The van der Waals surface area contributed by atoms with E-state index in [1.807, 2.05) is 47.1 Å². The van der Waals surface area contributed by atoms with Gasteiger partial charge in [-0.1, -0.05) is 85.8 Å². The van der Waals surface area contributed by atoms with Crippen LogP contribution in [0.1, 0.15) is 24.7 Å². The summed E-state index contributed by atoms with van der Waals surface area (Å²) in [6.07, 6.45) is 3.94. The molecule has 8 heteroatoms. The number of rotatable bonds is 7. The van der Waals surface area contributed by atoms with Gasteiger partial charge in [-0.15, -0.1) is 5.10 Å². The van der Waals surface area contributed by atoms with Crippen LogP contribution in [-0.4, -0.2) is 39.8 Å². The largest absolute Gasteiger partial charge is 0.292 e. The van der Waals surface area contributed by atoms with E-state index < -0.39 is 0 Å². The lowest BCUT2D eigenvalue weighted by Gasteiger charge is -2.10. The molecule has 0 aliphatic rings. The van der Waals surface area contributed by atoms with Crippen LogP contribution >= 0.6 is 0 Å². The van der Waals surface area contributed by atoms with E-state index in [1.165, 1.54) is 5.56 Å². The smallest absolute Gasteiger partial charge is 0.233 e. The molecule has 0 aliphatic carbocycles. The summed E-state index contributed by atoms with van der Waals surface area (Å²) in [6.45, 7) is 2.88. The minimum Gasteiger partial charge on any atom is -0.292 e. The number of hydrogen-bond donors (Lipinski definition) is 1. The Morgan fingerprint density at radius 3 is 2.34 bits per heavy atom. The van der Waals surface area contributed by atoms with Crippen LogP contribution in [0.25, 0.3) is 39.5 Å². The van der Waals surface area contributed by atoms with Gasteiger partial charge >= 0.3 is 0 Å². The Balaban J connectivity index is 1.33. The maximum Gasteiger partial charge on any atom is 0.233 e. The average Bonchev–Trinajstić information content (AvgIpc) is 3.64. The molecule has 0 saturated carbocycles. The minimum absolute atomic E-state index is 0.656. The number of H-pyrrole nitrogens is 1. The average molecular weight is 461 g/mol. The van der Waals surface area contributed by atoms with Gasteiger partial charge in [0.05, 0.1) is 18.4 Å². The summed E-state index contributed by atoms with van der Waals surface area (Å²) in [4.78, 5) is 4.93. The molecule has 0 saturated heterocycles. The standard InChI is InChI=1S/C27H24N8/c1-2-8-25-31-35-18-24(21-9-4-3-5-10-21)28-27(35)34(25)17-19-13-15-20(16-14-19)22-11-6-7-12-23(22)26-29-32-33-30-26/h3-7,9-16,18H,2,8,17H2,1H3,(H,29,30,32,33). The number of nitrogens with zero attached hydrogens (tertiary/aromatic N) is 7. The number of hydrogen-bond acceptors (Lipinski definition) is 5. The van der Waals surface area contributed by atoms with Crippen molar-refractivity contribution in [2.45, 2.75) is 26.3 Å². The van der Waals surface area contributed by atoms with Gasteiger partial charge in [0.1, 0.15) is 5.82 Å². The fourth-order valence-electron chi connectivity index (χ4n) is 4.42. The minimum atomic E-state index is 0.656. The van der Waals surface area contributed by atoms with Crippen molar-refractivity contribution in [1.82, 2.24) is 39.8 Å². The molecule has 0 aliphatic heterocycles. The molecule has 1 N–H and O–H groups in total. The Hall–Kier alpha value is -4.59. The van der Waals surface area contributed by atoms with Crippen LogP contribution in [0.5, 0.6) is 0 Å². The number of imidazole rings is 1. The lowest BCUT2D eigenvalue weighted by molar-refractivity contribution is 0.713. The van der Waals surface area contributed by atoms with Crippen molar-refractivity contribution in [3.05, 3.63) is 96.4 Å². The van der Waals surface area contributed by atoms with Crippen molar-refractivity contribution >= 4 is 5.78 Å². The van der Waals surface area contributed by atoms with E-state index in [2.05, 4.69) is 74.6 Å². The summed E-state index contributed by atoms with van der Waals surface area (Å²) >= 11 is 0. The van der Waals surface area contributed by atoms with Gasteiger partial charge in [0.2, 0.25) is 5.78 Å². The molecule has 0 bridgehead atoms. The van der Waals surface area contributed by atoms with Crippen molar-refractivity contribution in [2.24, 2.45) is 0 Å². The number of aryl methyl sites for hydroxylation is 1. The first-order valence-corrected chi connectivity index (χ1v) is 11.7. The molecule has 8 nitrogen and oxygen atoms in total. The summed E-state index contributed by atoms with van der Waals surface area (Å²) in [5.41, 5.74) is 6.37. The third kappa shape index (κ3) is 3.99. The van der Waals surface area contributed by atoms with E-state index in [1.54, 1.807) is 0 Å². The van der Waals surface area contributed by atoms with Crippen LogP contribution in [0.4, 0.5) is 0 Å². The van der Waals surface area contributed by atoms with Crippen LogP contribution in [0.3, 0.4) is 0 Å². The molecule has 6 aromatic rings. The maximum absolute atomic E-state index is 4.93. The first-order valence-electron chi connectivity index (χ1n) is 11.7. The van der Waals surface area contributed by atoms with E-state index in [4.69, 9.17) is 10.1 Å². The van der Waals surface area contributed by atoms with Gasteiger partial charge in [-0.05, 0) is 33.5 Å². The van der Waals surface area contributed by atoms with Gasteiger partial charge in [0, 0.05) is 17.5 Å². The molecule has 0 radical (unpaired) electrons. The first kappa shape index (κ1) is 21.0. The van der Waals surface area contributed by atoms with E-state index in [0.717, 1.165) is 52.4 Å². The van der Waals surface area contributed by atoms with Crippen LogP contribution in [0.15, 0.2) is 85.1 Å². The van der Waals surface area contributed by atoms with Crippen molar-refractivity contribution < 1.29 is 0 Å². The molecule has 35 heavy (non-hydrogen) atoms. The maximum atomic E-state index is 4.93. The Kier molecular flexibility index (Phi) is 5.38. The normalized spacial score (nSPS) is 11.3. The Morgan fingerprint density at radius 2 is 1.60 bits per heavy atom. The zero-order valence-corrected chi connectivity index (χ0v) is 19.3. The number of fused-ring (bicyclic) bond motifs is 1. The molecule has 0 amide bonds. The Morgan fingerprint density at radius 1 is 0.829 bits per heavy atom. The molecular weight excluding hydrogens is 436 g/mol. The van der Waals surface area contributed by atoms with Gasteiger partial charge in [-0.2, -0.15) is 5.10 Å². The monoisotopic (exact) mass is 460 g/mol. The fraction of sp³-hybridized carbons (Fsp3) is 0.148. The van der Waals surface area contributed by atoms with Crippen LogP contribution in [0.2, 0.25) is 0 Å². The second kappa shape index (κ2) is 8.98. The highest BCUT2D eigenvalue weighted by Gasteiger charge is 2.16. The zero-order chi connectivity index (χ0) is 23.6. The summed E-state index contributed by atoms with van der Waals surface area (Å²) < 4.78 is 4.13. The molecule has 0 atom stereocenters. The fourth-order valence-corrected chi connectivity index (χ4v) is 4.42. The highest BCUT2D eigenvalue weighted by molar-refractivity contribution is 5.80. The summed E-state index contributed by atoms with van der Waals surface area (Å²) in [5.74, 6) is 2.56. The third-order valence-electron chi connectivity index (χ3n) is 6.12. The van der Waals surface area contributed by atoms with Gasteiger partial charge in [-0.25, -0.2) is 14.6 Å². The molecule has 3 aromatic heterocycles. The number of aromatic amines is 1. The topological polar surface area (TPSA) is 89.6 Å². The first-order chi connectivity index (χ1) is 17.3. The molecule has 0 spiro atoms. The molecular formula is C27H24N8. The molecule has 0 unspecified atom stereocenters. The lowest BCUT2D eigenvalue weighted by atomic mass is 9.98. The van der Waals surface area contributed by atoms with Gasteiger partial charge < -0.3 is 0 Å². The molecule has 6 rings (SSSR count). The Labute approximate surface area is 202 Å². The highest BCUT2D eigenvalue weighted by atomic mass is 15.5. The van der Waals surface area contributed by atoms with Gasteiger partial charge in [0.15, 0.2) is 5.82 Å². The molecule has 172 valence electrons. The summed E-state index contributed by atoms with van der Waals surface area (Å²) in [7, 11) is 0. The quantitative estimate of drug-likeness (QED) is 0.360. The van der Waals surface area contributed by atoms with Gasteiger partial charge in [0.25, 0.3) is 0 Å². The predicted molar refractivity (Wildman–Crippen MR) is 135 cm³/mol. The van der Waals surface area contributed by atoms with Gasteiger partial charge in [-0.3, -0.25) is 4.57 Å². The molecule has 0 fully saturated rings. The summed E-state index contributed by atoms with van der Waals surface area (Å²) in [6, 6.07) is 27.0. The van der Waals surface area contributed by atoms with E-state index in [-0.39, 0.29) is 0 Å². The number of nitrogens with one attached hydrogen (secondary N) is 1. The van der Waals surface area contributed by atoms with Crippen LogP contribution in [-0.2, 0) is 13.0 Å². The molecule has 3 heterocycles. The number of benzene rings is 3.